The Morgan fingerprint density at radius 1 is 1.11 bits per heavy atom. The molecule has 1 aromatic heterocycles. The second kappa shape index (κ2) is 7.09. The average Bonchev–Trinajstić information content (AvgIpc) is 3.19. The maximum absolute atomic E-state index is 13.5. The first kappa shape index (κ1) is 18.7. The number of carbonyl (C=O) groups is 2. The summed E-state index contributed by atoms with van der Waals surface area (Å²) < 4.78 is 11.3. The zero-order valence-electron chi connectivity index (χ0n) is 16.6. The van der Waals surface area contributed by atoms with Gasteiger partial charge >= 0.3 is 0 Å². The van der Waals surface area contributed by atoms with Gasteiger partial charge in [0.05, 0.1) is 18.0 Å². The van der Waals surface area contributed by atoms with Crippen molar-refractivity contribution < 1.29 is 18.7 Å². The number of carbonyl (C=O) groups excluding carboxylic acids is 2. The number of rotatable bonds is 2. The molecule has 2 atom stereocenters. The zero-order chi connectivity index (χ0) is 19.9. The van der Waals surface area contributed by atoms with Crippen molar-refractivity contribution in [2.75, 3.05) is 13.1 Å². The van der Waals surface area contributed by atoms with E-state index in [9.17, 15) is 9.59 Å². The van der Waals surface area contributed by atoms with Crippen molar-refractivity contribution >= 4 is 11.8 Å². The highest BCUT2D eigenvalue weighted by molar-refractivity contribution is 5.96. The number of hydrogen-bond donors (Lipinski definition) is 0. The minimum atomic E-state index is -0.548. The fraction of sp³-hybridized carbons (Fsp3) is 0.455. The molecule has 2 unspecified atom stereocenters. The third-order valence-corrected chi connectivity index (χ3v) is 5.41. The lowest BCUT2D eigenvalue weighted by molar-refractivity contribution is -0.162. The minimum Gasteiger partial charge on any atom is -0.459 e. The summed E-state index contributed by atoms with van der Waals surface area (Å²) >= 11 is 0. The van der Waals surface area contributed by atoms with Gasteiger partial charge in [0.15, 0.2) is 5.76 Å². The van der Waals surface area contributed by atoms with E-state index in [2.05, 4.69) is 0 Å². The van der Waals surface area contributed by atoms with Gasteiger partial charge in [0.1, 0.15) is 6.04 Å². The lowest BCUT2D eigenvalue weighted by atomic mass is 9.92. The molecule has 0 bridgehead atoms. The van der Waals surface area contributed by atoms with E-state index in [-0.39, 0.29) is 23.7 Å². The number of morpholine rings is 1. The Kier molecular flexibility index (Phi) is 4.75. The summed E-state index contributed by atoms with van der Waals surface area (Å²) in [6.45, 7) is 7.40. The Morgan fingerprint density at radius 2 is 1.86 bits per heavy atom. The highest BCUT2D eigenvalue weighted by atomic mass is 16.5. The maximum atomic E-state index is 13.5. The molecular formula is C22H26N2O4. The fourth-order valence-electron chi connectivity index (χ4n) is 4.33. The Morgan fingerprint density at radius 3 is 2.54 bits per heavy atom. The van der Waals surface area contributed by atoms with Gasteiger partial charge in [-0.2, -0.15) is 0 Å². The molecule has 0 radical (unpaired) electrons. The van der Waals surface area contributed by atoms with Crippen LogP contribution in [0, 0.1) is 0 Å². The van der Waals surface area contributed by atoms with Gasteiger partial charge in [0.25, 0.3) is 5.91 Å². The van der Waals surface area contributed by atoms with Gasteiger partial charge in [-0.1, -0.05) is 24.3 Å². The lowest BCUT2D eigenvalue weighted by Crippen LogP contribution is -2.60. The topological polar surface area (TPSA) is 63.0 Å². The zero-order valence-corrected chi connectivity index (χ0v) is 16.6. The monoisotopic (exact) mass is 382 g/mol. The van der Waals surface area contributed by atoms with Crippen LogP contribution >= 0.6 is 0 Å². The first-order valence-electron chi connectivity index (χ1n) is 9.72. The highest BCUT2D eigenvalue weighted by Gasteiger charge is 2.41. The summed E-state index contributed by atoms with van der Waals surface area (Å²) in [6, 6.07) is 10.8. The average molecular weight is 382 g/mol. The highest BCUT2D eigenvalue weighted by Crippen LogP contribution is 2.28. The summed E-state index contributed by atoms with van der Waals surface area (Å²) in [4.78, 5) is 30.1. The van der Waals surface area contributed by atoms with E-state index in [1.807, 2.05) is 49.9 Å². The Bertz CT molecular complexity index is 874. The summed E-state index contributed by atoms with van der Waals surface area (Å²) in [5.74, 6) is -0.0242. The van der Waals surface area contributed by atoms with Gasteiger partial charge in [-0.25, -0.2) is 0 Å². The first-order chi connectivity index (χ1) is 13.3. The van der Waals surface area contributed by atoms with Crippen LogP contribution in [-0.4, -0.2) is 52.5 Å². The normalized spacial score (nSPS) is 24.0. The maximum Gasteiger partial charge on any atom is 0.290 e. The Balaban J connectivity index is 1.65. The van der Waals surface area contributed by atoms with Gasteiger partial charge in [0.2, 0.25) is 5.91 Å². The van der Waals surface area contributed by atoms with E-state index >= 15 is 0 Å². The van der Waals surface area contributed by atoms with Gasteiger partial charge in [-0.05, 0) is 44.0 Å². The molecule has 148 valence electrons. The summed E-state index contributed by atoms with van der Waals surface area (Å²) in [6.07, 6.45) is 1.94. The number of ether oxygens (including phenoxy) is 1. The molecule has 1 saturated heterocycles. The third kappa shape index (κ3) is 3.56. The smallest absolute Gasteiger partial charge is 0.290 e. The van der Waals surface area contributed by atoms with Crippen molar-refractivity contribution in [3.8, 4) is 0 Å². The van der Waals surface area contributed by atoms with Crippen molar-refractivity contribution in [1.82, 2.24) is 9.80 Å². The van der Waals surface area contributed by atoms with E-state index in [4.69, 9.17) is 9.15 Å². The van der Waals surface area contributed by atoms with Crippen LogP contribution in [0.5, 0.6) is 0 Å². The number of furan rings is 1. The molecule has 6 heteroatoms. The van der Waals surface area contributed by atoms with Crippen LogP contribution in [0.25, 0.3) is 0 Å². The van der Waals surface area contributed by atoms with E-state index < -0.39 is 11.6 Å². The molecule has 6 nitrogen and oxygen atoms in total. The second-order valence-corrected chi connectivity index (χ2v) is 8.31. The van der Waals surface area contributed by atoms with Crippen LogP contribution in [-0.2, 0) is 22.5 Å². The van der Waals surface area contributed by atoms with Crippen molar-refractivity contribution in [1.29, 1.82) is 0 Å². The molecule has 0 N–H and O–H groups in total. The van der Waals surface area contributed by atoms with Crippen LogP contribution < -0.4 is 0 Å². The molecule has 3 heterocycles. The lowest BCUT2D eigenvalue weighted by Gasteiger charge is -2.45. The quantitative estimate of drug-likeness (QED) is 0.801. The summed E-state index contributed by atoms with van der Waals surface area (Å²) in [5.41, 5.74) is 1.78. The number of benzene rings is 1. The molecule has 2 aliphatic heterocycles. The standard InChI is InChI=1S/C22H26N2O4/c1-15-12-23(14-22(2,3)28-15)20(25)18-11-16-7-4-5-8-17(16)13-24(18)21(26)19-9-6-10-27-19/h4-10,15,18H,11-14H2,1-3H3. The molecule has 28 heavy (non-hydrogen) atoms. The number of amides is 2. The number of fused-ring (bicyclic) bond motifs is 1. The molecular weight excluding hydrogens is 356 g/mol. The van der Waals surface area contributed by atoms with Gasteiger partial charge in [-0.3, -0.25) is 9.59 Å². The van der Waals surface area contributed by atoms with Gasteiger partial charge in [-0.15, -0.1) is 0 Å². The van der Waals surface area contributed by atoms with Crippen LogP contribution in [0.3, 0.4) is 0 Å². The van der Waals surface area contributed by atoms with Crippen molar-refractivity contribution in [2.45, 2.75) is 51.5 Å². The Labute approximate surface area is 165 Å². The van der Waals surface area contributed by atoms with Gasteiger partial charge in [0, 0.05) is 26.1 Å². The summed E-state index contributed by atoms with van der Waals surface area (Å²) in [5, 5.41) is 0. The molecule has 0 spiro atoms. The molecule has 2 aromatic rings. The van der Waals surface area contributed by atoms with E-state index in [1.54, 1.807) is 17.0 Å². The third-order valence-electron chi connectivity index (χ3n) is 5.41. The molecule has 0 aliphatic carbocycles. The van der Waals surface area contributed by atoms with Crippen molar-refractivity contribution in [3.63, 3.8) is 0 Å². The minimum absolute atomic E-state index is 0.0300. The number of nitrogens with zero attached hydrogens (tertiary/aromatic N) is 2. The SMILES string of the molecule is CC1CN(C(=O)C2Cc3ccccc3CN2C(=O)c2ccco2)CC(C)(C)O1. The summed E-state index contributed by atoms with van der Waals surface area (Å²) in [7, 11) is 0. The molecule has 1 fully saturated rings. The largest absolute Gasteiger partial charge is 0.459 e. The second-order valence-electron chi connectivity index (χ2n) is 8.31. The van der Waals surface area contributed by atoms with Crippen LogP contribution in [0.2, 0.25) is 0 Å². The van der Waals surface area contributed by atoms with Crippen LogP contribution in [0.15, 0.2) is 47.1 Å². The van der Waals surface area contributed by atoms with Crippen molar-refractivity contribution in [3.05, 3.63) is 59.5 Å². The van der Waals surface area contributed by atoms with Crippen LogP contribution in [0.1, 0.15) is 42.5 Å². The number of hydrogen-bond acceptors (Lipinski definition) is 4. The Hall–Kier alpha value is -2.60. The predicted molar refractivity (Wildman–Crippen MR) is 104 cm³/mol. The molecule has 2 aliphatic rings. The van der Waals surface area contributed by atoms with E-state index in [0.717, 1.165) is 11.1 Å². The van der Waals surface area contributed by atoms with Crippen molar-refractivity contribution in [2.24, 2.45) is 0 Å². The van der Waals surface area contributed by atoms with E-state index in [0.29, 0.717) is 26.1 Å². The first-order valence-corrected chi connectivity index (χ1v) is 9.72. The van der Waals surface area contributed by atoms with E-state index in [1.165, 1.54) is 6.26 Å². The molecule has 2 amide bonds. The predicted octanol–water partition coefficient (Wildman–Crippen LogP) is 2.87. The van der Waals surface area contributed by atoms with Crippen LogP contribution in [0.4, 0.5) is 0 Å². The van der Waals surface area contributed by atoms with Gasteiger partial charge < -0.3 is 19.0 Å². The molecule has 1 aromatic carbocycles. The molecule has 4 rings (SSSR count). The fourth-order valence-corrected chi connectivity index (χ4v) is 4.33. The molecule has 0 saturated carbocycles.